The van der Waals surface area contributed by atoms with E-state index >= 15 is 0 Å². The molecule has 0 unspecified atom stereocenters. The number of hydrogen-bond acceptors (Lipinski definition) is 6. The zero-order valence-corrected chi connectivity index (χ0v) is 40.1. The van der Waals surface area contributed by atoms with Crippen molar-refractivity contribution in [3.05, 3.63) is 169 Å². The summed E-state index contributed by atoms with van der Waals surface area (Å²) in [7, 11) is -0.868. The second-order valence-corrected chi connectivity index (χ2v) is 46.8. The summed E-state index contributed by atoms with van der Waals surface area (Å²) in [6.45, 7) is 0. The van der Waals surface area contributed by atoms with Gasteiger partial charge in [-0.15, -0.1) is 0 Å². The summed E-state index contributed by atoms with van der Waals surface area (Å²) in [4.78, 5) is 9.39. The number of hydrogen-bond donors (Lipinski definition) is 3. The van der Waals surface area contributed by atoms with E-state index in [1.165, 1.54) is 23.6 Å². The van der Waals surface area contributed by atoms with E-state index in [0.29, 0.717) is 6.23 Å². The van der Waals surface area contributed by atoms with Gasteiger partial charge in [0.25, 0.3) is 0 Å². The van der Waals surface area contributed by atoms with Crippen molar-refractivity contribution in [2.24, 2.45) is 0 Å². The molecule has 0 aliphatic rings. The van der Waals surface area contributed by atoms with Gasteiger partial charge in [0.2, 0.25) is 8.32 Å². The van der Waals surface area contributed by atoms with Gasteiger partial charge >= 0.3 is 184 Å². The Balaban J connectivity index is 1.18. The molecule has 0 fully saturated rings. The van der Waals surface area contributed by atoms with E-state index < -0.39 is 11.4 Å². The van der Waals surface area contributed by atoms with E-state index in [9.17, 15) is 15.3 Å². The number of nitrogens with zero attached hydrogens (tertiary/aromatic N) is 2. The SMILES string of the molecule is CO[Si](CO)(CO)CCCc1ccc(N(c2ccccc2)c2ccc(-c3ccc(N(c4ccccc4)c4ccc(CCC[Si](CO)([I-]C)[I-]C)cc4)cc3)cc2)cc1. The predicted molar refractivity (Wildman–Crippen MR) is 239 cm³/mol. The molecule has 0 radical (unpaired) electrons. The fourth-order valence-corrected chi connectivity index (χ4v) is 27.7. The van der Waals surface area contributed by atoms with Crippen LogP contribution in [0.4, 0.5) is 34.1 Å². The molecule has 6 rings (SSSR count). The number of para-hydroxylation sites is 2. The number of rotatable bonds is 21. The third-order valence-electron chi connectivity index (χ3n) is 11.0. The van der Waals surface area contributed by atoms with Crippen LogP contribution in [0.2, 0.25) is 12.1 Å². The summed E-state index contributed by atoms with van der Waals surface area (Å²) in [6, 6.07) is 58.5. The quantitative estimate of drug-likeness (QED) is 0.0435. The molecule has 58 heavy (non-hydrogen) atoms. The van der Waals surface area contributed by atoms with Crippen molar-refractivity contribution in [2.45, 2.75) is 37.8 Å². The molecule has 6 aromatic rings. The smallest absolute Gasteiger partial charge is 0.0570 e. The molecule has 0 atom stereocenters. The number of anilines is 6. The van der Waals surface area contributed by atoms with Crippen LogP contribution in [0.5, 0.6) is 0 Å². The zero-order chi connectivity index (χ0) is 40.8. The van der Waals surface area contributed by atoms with Crippen molar-refractivity contribution in [1.29, 1.82) is 0 Å². The molecular formula is C48H56I2N2O4Si2-2. The molecule has 0 saturated heterocycles. The number of alkyl halides is 2. The summed E-state index contributed by atoms with van der Waals surface area (Å²) in [5.41, 5.74) is 11.5. The molecule has 0 aliphatic carbocycles. The first-order chi connectivity index (χ1) is 28.4. The van der Waals surface area contributed by atoms with Crippen LogP contribution < -0.4 is 50.6 Å². The zero-order valence-electron chi connectivity index (χ0n) is 33.8. The van der Waals surface area contributed by atoms with E-state index in [0.717, 1.165) is 70.6 Å². The minimum atomic E-state index is -2.47. The number of aliphatic hydroxyl groups excluding tert-OH is 3. The molecule has 0 spiro atoms. The average molecular weight is 1030 g/mol. The van der Waals surface area contributed by atoms with Crippen LogP contribution in [-0.4, -0.2) is 62.4 Å². The first kappa shape index (κ1) is 44.2. The summed E-state index contributed by atoms with van der Waals surface area (Å²) < 4.78 is 4.25. The van der Waals surface area contributed by atoms with Gasteiger partial charge in [0.1, 0.15) is 0 Å². The maximum atomic E-state index is 10.1. The second-order valence-electron chi connectivity index (χ2n) is 14.6. The molecule has 3 N–H and O–H groups in total. The first-order valence-electron chi connectivity index (χ1n) is 19.9. The number of halogens is 2. The van der Waals surface area contributed by atoms with Crippen LogP contribution in [0.15, 0.2) is 158 Å². The minimum Gasteiger partial charge on any atom is -0.0570 e. The van der Waals surface area contributed by atoms with Gasteiger partial charge in [-0.1, -0.05) is 48.5 Å². The van der Waals surface area contributed by atoms with E-state index in [4.69, 9.17) is 4.43 Å². The molecule has 0 bridgehead atoms. The van der Waals surface area contributed by atoms with Gasteiger partial charge in [-0.2, -0.15) is 0 Å². The van der Waals surface area contributed by atoms with Crippen molar-refractivity contribution in [1.82, 2.24) is 0 Å². The first-order valence-corrected chi connectivity index (χ1v) is 35.4. The predicted octanol–water partition coefficient (Wildman–Crippen LogP) is 4.22. The maximum absolute atomic E-state index is 10.1. The Morgan fingerprint density at radius 1 is 0.448 bits per heavy atom. The molecule has 6 aromatic carbocycles. The average Bonchev–Trinajstić information content (AvgIpc) is 3.29. The number of aryl methyl sites for hydroxylation is 2. The van der Waals surface area contributed by atoms with Crippen molar-refractivity contribution >= 4 is 45.5 Å². The Morgan fingerprint density at radius 2 is 0.793 bits per heavy atom. The van der Waals surface area contributed by atoms with Crippen LogP contribution in [0.3, 0.4) is 0 Å². The molecular weight excluding hydrogens is 979 g/mol. The topological polar surface area (TPSA) is 76.4 Å². The minimum absolute atomic E-state index is 0.0630. The standard InChI is InChI=1S/C48H56I2N2O4Si2/c1-49-58(38-55,50-2)35-11-13-40-20-28-46(29-21-40)52(44-16-8-5-9-17-44)48-32-24-42(25-33-48)41-22-30-47(31-23-41)51(43-14-6-4-7-15-43)45-26-18-39(19-27-45)12-10-34-57(36-53,37-54)56-3/h4-9,14-33,53-55H,10-13,34-38H2,1-3H3/q-2. The van der Waals surface area contributed by atoms with Gasteiger partial charge in [-0.3, -0.25) is 0 Å². The molecule has 0 aliphatic heterocycles. The fourth-order valence-electron chi connectivity index (χ4n) is 7.34. The van der Waals surface area contributed by atoms with Crippen LogP contribution >= 0.6 is 0 Å². The van der Waals surface area contributed by atoms with Gasteiger partial charge in [-0.05, 0) is 72.0 Å². The van der Waals surface area contributed by atoms with E-state index in [-0.39, 0.29) is 53.3 Å². The molecule has 0 heterocycles. The van der Waals surface area contributed by atoms with Crippen LogP contribution in [0, 0.1) is 0 Å². The Bertz CT molecular complexity index is 1930. The number of aliphatic hydroxyl groups is 3. The summed E-state index contributed by atoms with van der Waals surface area (Å²) >= 11 is 0.353. The summed E-state index contributed by atoms with van der Waals surface area (Å²) in [6.07, 6.45) is 4.36. The van der Waals surface area contributed by atoms with Crippen molar-refractivity contribution < 1.29 is 60.6 Å². The Labute approximate surface area is 366 Å². The van der Waals surface area contributed by atoms with Crippen LogP contribution in [0.1, 0.15) is 24.0 Å². The second kappa shape index (κ2) is 21.8. The van der Waals surface area contributed by atoms with E-state index in [1.807, 2.05) is 6.07 Å². The van der Waals surface area contributed by atoms with Crippen LogP contribution in [-0.2, 0) is 17.3 Å². The Hall–Kier alpha value is -3.35. The van der Waals surface area contributed by atoms with Gasteiger partial charge in [0, 0.05) is 24.2 Å². The molecule has 306 valence electrons. The van der Waals surface area contributed by atoms with Gasteiger partial charge in [-0.25, -0.2) is 0 Å². The van der Waals surface area contributed by atoms with Gasteiger partial charge in [0.05, 0.1) is 12.5 Å². The third-order valence-corrected chi connectivity index (χ3v) is 50.5. The molecule has 10 heteroatoms. The third kappa shape index (κ3) is 11.1. The van der Waals surface area contributed by atoms with Crippen molar-refractivity contribution in [2.75, 3.05) is 45.5 Å². The summed E-state index contributed by atoms with van der Waals surface area (Å²) in [5, 5.41) is 29.7. The van der Waals surface area contributed by atoms with Crippen molar-refractivity contribution in [3.63, 3.8) is 0 Å². The number of benzene rings is 6. The Kier molecular flexibility index (Phi) is 16.6. The molecule has 0 saturated carbocycles. The molecule has 0 amide bonds. The normalized spacial score (nSPS) is 11.9. The Morgan fingerprint density at radius 3 is 1.12 bits per heavy atom. The van der Waals surface area contributed by atoms with Gasteiger partial charge in [0.15, 0.2) is 0 Å². The van der Waals surface area contributed by atoms with Crippen LogP contribution in [0.25, 0.3) is 11.1 Å². The van der Waals surface area contributed by atoms with Crippen molar-refractivity contribution in [3.8, 4) is 11.1 Å². The molecule has 6 nitrogen and oxygen atoms in total. The summed E-state index contributed by atoms with van der Waals surface area (Å²) in [5.74, 6) is 0. The monoisotopic (exact) mass is 1030 g/mol. The van der Waals surface area contributed by atoms with Gasteiger partial charge < -0.3 is 19.5 Å². The van der Waals surface area contributed by atoms with E-state index in [1.54, 1.807) is 7.11 Å². The molecule has 0 aromatic heterocycles. The van der Waals surface area contributed by atoms with E-state index in [2.05, 4.69) is 171 Å². The fraction of sp³-hybridized carbons (Fsp3) is 0.250.